The second-order valence-electron chi connectivity index (χ2n) is 8.71. The van der Waals surface area contributed by atoms with Crippen LogP contribution in [0, 0.1) is 17.2 Å². The number of amides is 3. The van der Waals surface area contributed by atoms with E-state index < -0.39 is 5.54 Å². The molecule has 3 amide bonds. The van der Waals surface area contributed by atoms with Crippen molar-refractivity contribution in [3.8, 4) is 6.07 Å². The van der Waals surface area contributed by atoms with E-state index in [2.05, 4.69) is 44.7 Å². The molecule has 2 fully saturated rings. The monoisotopic (exact) mass is 409 g/mol. The molecule has 0 unspecified atom stereocenters. The first-order chi connectivity index (χ1) is 14.3. The maximum absolute atomic E-state index is 12.5. The van der Waals surface area contributed by atoms with Gasteiger partial charge in [-0.1, -0.05) is 13.8 Å². The molecule has 2 aliphatic rings. The minimum absolute atomic E-state index is 0.127. The third kappa shape index (κ3) is 3.52. The molecule has 0 bridgehead atoms. The predicted octanol–water partition coefficient (Wildman–Crippen LogP) is 1.87. The molecule has 4 heterocycles. The van der Waals surface area contributed by atoms with Gasteiger partial charge in [-0.05, 0) is 31.2 Å². The van der Waals surface area contributed by atoms with E-state index in [1.165, 1.54) is 11.9 Å². The topological polar surface area (TPSA) is 107 Å². The van der Waals surface area contributed by atoms with Gasteiger partial charge >= 0.3 is 6.03 Å². The second-order valence-corrected chi connectivity index (χ2v) is 8.71. The highest BCUT2D eigenvalue weighted by Crippen LogP contribution is 2.30. The van der Waals surface area contributed by atoms with Crippen molar-refractivity contribution >= 4 is 23.0 Å². The zero-order valence-electron chi connectivity index (χ0n) is 17.7. The van der Waals surface area contributed by atoms with Crippen LogP contribution in [0.25, 0.3) is 11.0 Å². The van der Waals surface area contributed by atoms with Gasteiger partial charge in [-0.3, -0.25) is 14.6 Å². The van der Waals surface area contributed by atoms with Crippen molar-refractivity contribution in [1.82, 2.24) is 29.7 Å². The Bertz CT molecular complexity index is 1030. The number of imide groups is 1. The average Bonchev–Trinajstić information content (AvgIpc) is 3.17. The van der Waals surface area contributed by atoms with Gasteiger partial charge in [0, 0.05) is 50.5 Å². The van der Waals surface area contributed by atoms with Gasteiger partial charge in [0.05, 0.1) is 0 Å². The van der Waals surface area contributed by atoms with Crippen LogP contribution in [0.3, 0.4) is 0 Å². The molecule has 2 aromatic heterocycles. The number of fused-ring (bicyclic) bond motifs is 1. The largest absolute Gasteiger partial charge is 0.328 e. The lowest BCUT2D eigenvalue weighted by Gasteiger charge is -2.37. The zero-order valence-corrected chi connectivity index (χ0v) is 17.7. The minimum Gasteiger partial charge on any atom is -0.328 e. The lowest BCUT2D eigenvalue weighted by atomic mass is 9.87. The van der Waals surface area contributed by atoms with Crippen LogP contribution in [0.2, 0.25) is 0 Å². The number of nitriles is 1. The molecule has 0 aromatic carbocycles. The van der Waals surface area contributed by atoms with Crippen molar-refractivity contribution in [2.75, 3.05) is 20.1 Å². The number of hydrogen-bond acceptors (Lipinski definition) is 6. The highest BCUT2D eigenvalue weighted by Gasteiger charge is 2.50. The summed E-state index contributed by atoms with van der Waals surface area (Å²) in [4.78, 5) is 36.5. The van der Waals surface area contributed by atoms with E-state index in [1.807, 2.05) is 6.07 Å². The summed E-state index contributed by atoms with van der Waals surface area (Å²) in [7, 11) is 1.53. The molecule has 1 N–H and O–H groups in total. The van der Waals surface area contributed by atoms with Gasteiger partial charge < -0.3 is 9.88 Å². The maximum Gasteiger partial charge on any atom is 0.324 e. The van der Waals surface area contributed by atoms with E-state index in [0.29, 0.717) is 18.8 Å². The third-order valence-electron chi connectivity index (χ3n) is 6.21. The highest BCUT2D eigenvalue weighted by molar-refractivity contribution is 6.06. The lowest BCUT2D eigenvalue weighted by Crippen LogP contribution is -2.54. The summed E-state index contributed by atoms with van der Waals surface area (Å²) >= 11 is 0. The van der Waals surface area contributed by atoms with Gasteiger partial charge in [-0.2, -0.15) is 5.26 Å². The van der Waals surface area contributed by atoms with Crippen LogP contribution in [-0.4, -0.2) is 61.9 Å². The van der Waals surface area contributed by atoms with E-state index in [9.17, 15) is 14.9 Å². The van der Waals surface area contributed by atoms with Crippen LogP contribution in [0.15, 0.2) is 12.3 Å². The van der Waals surface area contributed by atoms with Gasteiger partial charge in [0.1, 0.15) is 17.3 Å². The van der Waals surface area contributed by atoms with Crippen LogP contribution in [0.1, 0.15) is 44.6 Å². The smallest absolute Gasteiger partial charge is 0.324 e. The second kappa shape index (κ2) is 7.69. The first kappa shape index (κ1) is 20.3. The Kier molecular flexibility index (Phi) is 5.20. The molecule has 0 radical (unpaired) electrons. The fourth-order valence-corrected chi connectivity index (χ4v) is 4.33. The molecule has 0 aliphatic carbocycles. The highest BCUT2D eigenvalue weighted by atomic mass is 16.2. The molecule has 0 atom stereocenters. The first-order valence-corrected chi connectivity index (χ1v) is 10.4. The Hall–Kier alpha value is -2.99. The van der Waals surface area contributed by atoms with E-state index in [-0.39, 0.29) is 17.8 Å². The molecule has 30 heavy (non-hydrogen) atoms. The Morgan fingerprint density at radius 3 is 2.63 bits per heavy atom. The molecule has 9 heteroatoms. The molecule has 2 aliphatic heterocycles. The Morgan fingerprint density at radius 1 is 1.30 bits per heavy atom. The number of aromatic nitrogens is 3. The van der Waals surface area contributed by atoms with Crippen molar-refractivity contribution in [3.05, 3.63) is 23.8 Å². The number of hydrogen-bond donors (Lipinski definition) is 1. The van der Waals surface area contributed by atoms with Gasteiger partial charge in [0.2, 0.25) is 5.82 Å². The molecule has 1 spiro atoms. The number of piperidine rings is 1. The SMILES string of the molecule is CC(C)CCn1c(CN2CCC3(CC2)NC(=O)N(C)C3=O)cc2cnc(C#N)nc21. The summed E-state index contributed by atoms with van der Waals surface area (Å²) in [6, 6.07) is 3.81. The number of urea groups is 1. The van der Waals surface area contributed by atoms with Crippen molar-refractivity contribution in [2.45, 2.75) is 51.7 Å². The third-order valence-corrected chi connectivity index (χ3v) is 6.21. The Balaban J connectivity index is 1.54. The summed E-state index contributed by atoms with van der Waals surface area (Å²) in [5, 5.41) is 13.0. The Labute approximate surface area is 175 Å². The van der Waals surface area contributed by atoms with Crippen LogP contribution >= 0.6 is 0 Å². The fourth-order valence-electron chi connectivity index (χ4n) is 4.33. The summed E-state index contributed by atoms with van der Waals surface area (Å²) in [6.07, 6.45) is 3.93. The molecular formula is C21H27N7O2. The number of likely N-dealkylation sites (N-methyl/N-ethyl adjacent to an activating group) is 1. The van der Waals surface area contributed by atoms with Crippen LogP contribution in [0.4, 0.5) is 4.79 Å². The van der Waals surface area contributed by atoms with Crippen molar-refractivity contribution in [3.63, 3.8) is 0 Å². The summed E-state index contributed by atoms with van der Waals surface area (Å²) in [6.45, 7) is 7.38. The molecule has 4 rings (SSSR count). The number of nitrogens with one attached hydrogen (secondary N) is 1. The first-order valence-electron chi connectivity index (χ1n) is 10.4. The van der Waals surface area contributed by atoms with Crippen molar-refractivity contribution in [2.24, 2.45) is 5.92 Å². The molecule has 2 saturated heterocycles. The van der Waals surface area contributed by atoms with E-state index >= 15 is 0 Å². The Morgan fingerprint density at radius 2 is 2.03 bits per heavy atom. The fraction of sp³-hybridized carbons (Fsp3) is 0.571. The number of likely N-dealkylation sites (tertiary alicyclic amines) is 1. The van der Waals surface area contributed by atoms with Gasteiger partial charge in [0.15, 0.2) is 0 Å². The van der Waals surface area contributed by atoms with E-state index in [4.69, 9.17) is 0 Å². The van der Waals surface area contributed by atoms with Gasteiger partial charge in [-0.15, -0.1) is 0 Å². The van der Waals surface area contributed by atoms with Gasteiger partial charge in [-0.25, -0.2) is 14.8 Å². The van der Waals surface area contributed by atoms with Gasteiger partial charge in [0.25, 0.3) is 5.91 Å². The van der Waals surface area contributed by atoms with Crippen LogP contribution in [0.5, 0.6) is 0 Å². The standard InChI is InChI=1S/C21H27N7O2/c1-14(2)4-7-28-16(10-15-12-23-17(11-22)24-18(15)28)13-27-8-5-21(6-9-27)19(29)26(3)20(30)25-21/h10,12,14H,4-9,13H2,1-3H3,(H,25,30). The maximum atomic E-state index is 12.5. The van der Waals surface area contributed by atoms with Crippen LogP contribution in [-0.2, 0) is 17.9 Å². The predicted molar refractivity (Wildman–Crippen MR) is 110 cm³/mol. The molecule has 2 aromatic rings. The van der Waals surface area contributed by atoms with Crippen LogP contribution < -0.4 is 5.32 Å². The number of carbonyl (C=O) groups excluding carboxylic acids is 2. The molecule has 9 nitrogen and oxygen atoms in total. The lowest BCUT2D eigenvalue weighted by molar-refractivity contribution is -0.132. The van der Waals surface area contributed by atoms with Crippen molar-refractivity contribution < 1.29 is 9.59 Å². The van der Waals surface area contributed by atoms with Crippen molar-refractivity contribution in [1.29, 1.82) is 5.26 Å². The summed E-state index contributed by atoms with van der Waals surface area (Å²) < 4.78 is 2.19. The number of carbonyl (C=O) groups is 2. The molecule has 158 valence electrons. The summed E-state index contributed by atoms with van der Waals surface area (Å²) in [5.41, 5.74) is 1.18. The minimum atomic E-state index is -0.750. The number of aryl methyl sites for hydroxylation is 1. The number of nitrogens with zero attached hydrogens (tertiary/aromatic N) is 6. The molecule has 0 saturated carbocycles. The number of rotatable bonds is 5. The zero-order chi connectivity index (χ0) is 21.5. The quantitative estimate of drug-likeness (QED) is 0.756. The van der Waals surface area contributed by atoms with E-state index in [1.54, 1.807) is 6.20 Å². The normalized spacial score (nSPS) is 19.1. The average molecular weight is 409 g/mol. The summed E-state index contributed by atoms with van der Waals surface area (Å²) in [5.74, 6) is 0.603. The molecular weight excluding hydrogens is 382 g/mol. The van der Waals surface area contributed by atoms with E-state index in [0.717, 1.165) is 49.3 Å².